The number of allylic oxidation sites excluding steroid dienone is 3. The van der Waals surface area contributed by atoms with Gasteiger partial charge in [-0.2, -0.15) is 0 Å². The van der Waals surface area contributed by atoms with Crippen molar-refractivity contribution in [2.75, 3.05) is 6.61 Å². The highest BCUT2D eigenvalue weighted by Crippen LogP contribution is 2.26. The standard InChI is InChI=1S/C21H22O3/c1-3-5-11-19(21(23)24-4-2)20(22)18-14-12-17(13-15-18)16-9-7-6-8-10-16/h3,5-15,20,22H,4H2,1-2H3/b5-3-,19-11+. The molecule has 1 unspecified atom stereocenters. The van der Waals surface area contributed by atoms with Crippen LogP contribution in [0.3, 0.4) is 0 Å². The average Bonchev–Trinajstić information content (AvgIpc) is 2.63. The highest BCUT2D eigenvalue weighted by atomic mass is 16.5. The van der Waals surface area contributed by atoms with Gasteiger partial charge in [-0.15, -0.1) is 0 Å². The molecule has 1 N–H and O–H groups in total. The lowest BCUT2D eigenvalue weighted by molar-refractivity contribution is -0.139. The normalized spacial score (nSPS) is 13.0. The van der Waals surface area contributed by atoms with E-state index in [9.17, 15) is 9.90 Å². The predicted octanol–water partition coefficient (Wildman–Crippen LogP) is 4.45. The van der Waals surface area contributed by atoms with Gasteiger partial charge in [0, 0.05) is 0 Å². The molecule has 0 aromatic heterocycles. The zero-order valence-corrected chi connectivity index (χ0v) is 14.0. The van der Waals surface area contributed by atoms with Crippen LogP contribution in [-0.4, -0.2) is 17.7 Å². The molecule has 0 saturated carbocycles. The van der Waals surface area contributed by atoms with Crippen LogP contribution in [0.15, 0.2) is 78.4 Å². The molecule has 0 bridgehead atoms. The average molecular weight is 322 g/mol. The third-order valence-corrected chi connectivity index (χ3v) is 3.61. The molecule has 1 atom stereocenters. The van der Waals surface area contributed by atoms with Gasteiger partial charge in [0.2, 0.25) is 0 Å². The quantitative estimate of drug-likeness (QED) is 0.485. The first-order valence-corrected chi connectivity index (χ1v) is 8.00. The van der Waals surface area contributed by atoms with Gasteiger partial charge in [0.05, 0.1) is 12.2 Å². The van der Waals surface area contributed by atoms with E-state index in [1.807, 2.05) is 61.5 Å². The molecule has 0 spiro atoms. The first kappa shape index (κ1) is 17.7. The van der Waals surface area contributed by atoms with Crippen molar-refractivity contribution in [3.63, 3.8) is 0 Å². The third kappa shape index (κ3) is 4.43. The Kier molecular flexibility index (Phi) is 6.52. The lowest BCUT2D eigenvalue weighted by atomic mass is 9.98. The van der Waals surface area contributed by atoms with Crippen LogP contribution >= 0.6 is 0 Å². The van der Waals surface area contributed by atoms with Crippen LogP contribution in [0.1, 0.15) is 25.5 Å². The van der Waals surface area contributed by atoms with E-state index in [0.29, 0.717) is 5.56 Å². The molecule has 0 saturated heterocycles. The van der Waals surface area contributed by atoms with Crippen LogP contribution in [0.5, 0.6) is 0 Å². The second-order valence-corrected chi connectivity index (χ2v) is 5.26. The molecule has 124 valence electrons. The highest BCUT2D eigenvalue weighted by Gasteiger charge is 2.21. The molecule has 0 aliphatic carbocycles. The van der Waals surface area contributed by atoms with Crippen molar-refractivity contribution in [1.29, 1.82) is 0 Å². The number of hydrogen-bond acceptors (Lipinski definition) is 3. The molecule has 2 aromatic rings. The van der Waals surface area contributed by atoms with Crippen LogP contribution in [0, 0.1) is 0 Å². The number of benzene rings is 2. The van der Waals surface area contributed by atoms with Gasteiger partial charge >= 0.3 is 5.97 Å². The Hall–Kier alpha value is -2.65. The first-order chi connectivity index (χ1) is 11.7. The number of hydrogen-bond donors (Lipinski definition) is 1. The number of carbonyl (C=O) groups is 1. The number of esters is 1. The van der Waals surface area contributed by atoms with E-state index in [-0.39, 0.29) is 12.2 Å². The molecular weight excluding hydrogens is 300 g/mol. The van der Waals surface area contributed by atoms with Crippen molar-refractivity contribution in [1.82, 2.24) is 0 Å². The summed E-state index contributed by atoms with van der Waals surface area (Å²) in [5.41, 5.74) is 3.04. The lowest BCUT2D eigenvalue weighted by Crippen LogP contribution is -2.14. The van der Waals surface area contributed by atoms with Gasteiger partial charge in [0.1, 0.15) is 6.10 Å². The summed E-state index contributed by atoms with van der Waals surface area (Å²) < 4.78 is 5.04. The summed E-state index contributed by atoms with van der Waals surface area (Å²) >= 11 is 0. The van der Waals surface area contributed by atoms with Gasteiger partial charge in [0.25, 0.3) is 0 Å². The van der Waals surface area contributed by atoms with Crippen molar-refractivity contribution in [3.05, 3.63) is 84.0 Å². The van der Waals surface area contributed by atoms with Crippen molar-refractivity contribution < 1.29 is 14.6 Å². The molecule has 0 aliphatic heterocycles. The molecule has 2 rings (SSSR count). The molecule has 0 heterocycles. The minimum Gasteiger partial charge on any atom is -0.463 e. The number of ether oxygens (including phenoxy) is 1. The van der Waals surface area contributed by atoms with E-state index in [0.717, 1.165) is 11.1 Å². The van der Waals surface area contributed by atoms with Crippen molar-refractivity contribution in [2.45, 2.75) is 20.0 Å². The topological polar surface area (TPSA) is 46.5 Å². The summed E-state index contributed by atoms with van der Waals surface area (Å²) in [5, 5.41) is 10.6. The van der Waals surface area contributed by atoms with Gasteiger partial charge in [0.15, 0.2) is 0 Å². The Morgan fingerprint density at radius 1 is 1.08 bits per heavy atom. The number of aliphatic hydroxyl groups is 1. The van der Waals surface area contributed by atoms with E-state index in [1.54, 1.807) is 25.2 Å². The Labute approximate surface area is 142 Å². The summed E-state index contributed by atoms with van der Waals surface area (Å²) in [6.45, 7) is 3.86. The fourth-order valence-corrected chi connectivity index (χ4v) is 2.35. The van der Waals surface area contributed by atoms with Crippen molar-refractivity contribution >= 4 is 5.97 Å². The van der Waals surface area contributed by atoms with E-state index in [1.165, 1.54) is 0 Å². The zero-order valence-electron chi connectivity index (χ0n) is 14.0. The predicted molar refractivity (Wildman–Crippen MR) is 96.4 cm³/mol. The zero-order chi connectivity index (χ0) is 17.4. The Bertz CT molecular complexity index is 713. The molecule has 0 radical (unpaired) electrons. The number of rotatable bonds is 6. The van der Waals surface area contributed by atoms with Crippen LogP contribution < -0.4 is 0 Å². The van der Waals surface area contributed by atoms with Crippen molar-refractivity contribution in [2.24, 2.45) is 0 Å². The van der Waals surface area contributed by atoms with Crippen LogP contribution in [0.4, 0.5) is 0 Å². The summed E-state index contributed by atoms with van der Waals surface area (Å²) in [5.74, 6) is -0.504. The largest absolute Gasteiger partial charge is 0.463 e. The van der Waals surface area contributed by atoms with Gasteiger partial charge in [-0.25, -0.2) is 4.79 Å². The number of aliphatic hydroxyl groups excluding tert-OH is 1. The Morgan fingerprint density at radius 3 is 2.29 bits per heavy atom. The Morgan fingerprint density at radius 2 is 1.71 bits per heavy atom. The van der Waals surface area contributed by atoms with Crippen LogP contribution in [0.25, 0.3) is 11.1 Å². The SMILES string of the molecule is C/C=C\C=C(\C(=O)OCC)C(O)c1ccc(-c2ccccc2)cc1. The minimum atomic E-state index is -1.02. The summed E-state index contributed by atoms with van der Waals surface area (Å²) in [4.78, 5) is 12.1. The molecular formula is C21H22O3. The molecule has 0 amide bonds. The molecule has 24 heavy (non-hydrogen) atoms. The molecule has 3 heteroatoms. The maximum Gasteiger partial charge on any atom is 0.337 e. The fourth-order valence-electron chi connectivity index (χ4n) is 2.35. The molecule has 0 fully saturated rings. The van der Waals surface area contributed by atoms with Gasteiger partial charge in [-0.05, 0) is 36.6 Å². The maximum atomic E-state index is 12.1. The lowest BCUT2D eigenvalue weighted by Gasteiger charge is -2.14. The third-order valence-electron chi connectivity index (χ3n) is 3.61. The van der Waals surface area contributed by atoms with E-state index in [2.05, 4.69) is 0 Å². The van der Waals surface area contributed by atoms with Crippen molar-refractivity contribution in [3.8, 4) is 11.1 Å². The van der Waals surface area contributed by atoms with Crippen LogP contribution in [0.2, 0.25) is 0 Å². The molecule has 0 aliphatic rings. The number of carbonyl (C=O) groups excluding carboxylic acids is 1. The Balaban J connectivity index is 2.26. The summed E-state index contributed by atoms with van der Waals surface area (Å²) in [6, 6.07) is 17.5. The first-order valence-electron chi connectivity index (χ1n) is 8.00. The van der Waals surface area contributed by atoms with Gasteiger partial charge < -0.3 is 9.84 Å². The molecule has 2 aromatic carbocycles. The summed E-state index contributed by atoms with van der Waals surface area (Å²) in [6.07, 6.45) is 4.08. The highest BCUT2D eigenvalue weighted by molar-refractivity contribution is 5.90. The fraction of sp³-hybridized carbons (Fsp3) is 0.190. The van der Waals surface area contributed by atoms with Gasteiger partial charge in [-0.3, -0.25) is 0 Å². The second kappa shape index (κ2) is 8.85. The summed E-state index contributed by atoms with van der Waals surface area (Å²) in [7, 11) is 0. The molecule has 3 nitrogen and oxygen atoms in total. The van der Waals surface area contributed by atoms with E-state index in [4.69, 9.17) is 4.74 Å². The second-order valence-electron chi connectivity index (χ2n) is 5.26. The van der Waals surface area contributed by atoms with Crippen LogP contribution in [-0.2, 0) is 9.53 Å². The monoisotopic (exact) mass is 322 g/mol. The maximum absolute atomic E-state index is 12.1. The smallest absolute Gasteiger partial charge is 0.337 e. The van der Waals surface area contributed by atoms with E-state index < -0.39 is 12.1 Å². The minimum absolute atomic E-state index is 0.224. The van der Waals surface area contributed by atoms with E-state index >= 15 is 0 Å². The van der Waals surface area contributed by atoms with Gasteiger partial charge in [-0.1, -0.05) is 66.7 Å².